The maximum atomic E-state index is 11.8. The lowest BCUT2D eigenvalue weighted by molar-refractivity contribution is -0.124. The molecule has 1 saturated carbocycles. The van der Waals surface area contributed by atoms with Gasteiger partial charge in [-0.25, -0.2) is 0 Å². The summed E-state index contributed by atoms with van der Waals surface area (Å²) in [7, 11) is 0. The summed E-state index contributed by atoms with van der Waals surface area (Å²) >= 11 is 0. The highest BCUT2D eigenvalue weighted by atomic mass is 16.1. The van der Waals surface area contributed by atoms with Crippen molar-refractivity contribution >= 4 is 5.91 Å². The van der Waals surface area contributed by atoms with E-state index in [4.69, 9.17) is 0 Å². The molecule has 0 aliphatic heterocycles. The smallest absolute Gasteiger partial charge is 0.223 e. The van der Waals surface area contributed by atoms with Crippen LogP contribution in [0.5, 0.6) is 0 Å². The molecule has 2 N–H and O–H groups in total. The molecule has 1 aliphatic rings. The SMILES string of the molecule is Cc1n[nH]c(C)c1CCNC(=O)C1CCCC1. The highest BCUT2D eigenvalue weighted by Crippen LogP contribution is 2.24. The quantitative estimate of drug-likeness (QED) is 0.837. The predicted octanol–water partition coefficient (Wildman–Crippen LogP) is 1.88. The molecule has 1 amide bonds. The van der Waals surface area contributed by atoms with E-state index in [2.05, 4.69) is 15.5 Å². The average molecular weight is 235 g/mol. The molecule has 94 valence electrons. The lowest BCUT2D eigenvalue weighted by Crippen LogP contribution is -2.31. The van der Waals surface area contributed by atoms with Crippen LogP contribution >= 0.6 is 0 Å². The van der Waals surface area contributed by atoms with Crippen LogP contribution in [0, 0.1) is 19.8 Å². The van der Waals surface area contributed by atoms with Crippen LogP contribution in [0.2, 0.25) is 0 Å². The van der Waals surface area contributed by atoms with Crippen LogP contribution in [-0.4, -0.2) is 22.6 Å². The Hall–Kier alpha value is -1.32. The van der Waals surface area contributed by atoms with Crippen molar-refractivity contribution in [2.24, 2.45) is 5.92 Å². The van der Waals surface area contributed by atoms with Crippen LogP contribution in [0.1, 0.15) is 42.6 Å². The zero-order valence-corrected chi connectivity index (χ0v) is 10.7. The Morgan fingerprint density at radius 1 is 1.41 bits per heavy atom. The molecule has 0 atom stereocenters. The Kier molecular flexibility index (Phi) is 3.82. The van der Waals surface area contributed by atoms with Crippen molar-refractivity contribution in [1.82, 2.24) is 15.5 Å². The lowest BCUT2D eigenvalue weighted by Gasteiger charge is -2.10. The van der Waals surface area contributed by atoms with Crippen LogP contribution in [0.25, 0.3) is 0 Å². The molecule has 2 rings (SSSR count). The van der Waals surface area contributed by atoms with Crippen LogP contribution in [-0.2, 0) is 11.2 Å². The number of nitrogens with one attached hydrogen (secondary N) is 2. The maximum absolute atomic E-state index is 11.8. The van der Waals surface area contributed by atoms with Gasteiger partial charge >= 0.3 is 0 Å². The van der Waals surface area contributed by atoms with E-state index >= 15 is 0 Å². The van der Waals surface area contributed by atoms with Crippen molar-refractivity contribution in [2.75, 3.05) is 6.54 Å². The van der Waals surface area contributed by atoms with Gasteiger partial charge in [-0.3, -0.25) is 9.89 Å². The van der Waals surface area contributed by atoms with E-state index in [-0.39, 0.29) is 11.8 Å². The molecule has 4 nitrogen and oxygen atoms in total. The highest BCUT2D eigenvalue weighted by molar-refractivity contribution is 5.78. The number of carbonyl (C=O) groups is 1. The van der Waals surface area contributed by atoms with E-state index in [9.17, 15) is 4.79 Å². The summed E-state index contributed by atoms with van der Waals surface area (Å²) in [6, 6.07) is 0. The Bertz CT molecular complexity index is 372. The summed E-state index contributed by atoms with van der Waals surface area (Å²) in [6.45, 7) is 4.74. The summed E-state index contributed by atoms with van der Waals surface area (Å²) in [5.74, 6) is 0.503. The fourth-order valence-corrected chi connectivity index (χ4v) is 2.59. The van der Waals surface area contributed by atoms with Crippen molar-refractivity contribution < 1.29 is 4.79 Å². The Morgan fingerprint density at radius 2 is 2.12 bits per heavy atom. The van der Waals surface area contributed by atoms with Crippen LogP contribution in [0.3, 0.4) is 0 Å². The van der Waals surface area contributed by atoms with Gasteiger partial charge in [0.15, 0.2) is 0 Å². The van der Waals surface area contributed by atoms with Crippen molar-refractivity contribution in [1.29, 1.82) is 0 Å². The number of aromatic amines is 1. The van der Waals surface area contributed by atoms with E-state index in [0.717, 1.165) is 37.2 Å². The molecular formula is C13H21N3O. The molecule has 0 aromatic carbocycles. The summed E-state index contributed by atoms with van der Waals surface area (Å²) in [4.78, 5) is 11.8. The Labute approximate surface area is 102 Å². The van der Waals surface area contributed by atoms with Gasteiger partial charge in [0.2, 0.25) is 5.91 Å². The van der Waals surface area contributed by atoms with Crippen LogP contribution < -0.4 is 5.32 Å². The van der Waals surface area contributed by atoms with E-state index < -0.39 is 0 Å². The second-order valence-corrected chi connectivity index (χ2v) is 4.93. The van der Waals surface area contributed by atoms with E-state index in [1.165, 1.54) is 18.4 Å². The number of aryl methyl sites for hydroxylation is 2. The Balaban J connectivity index is 1.77. The van der Waals surface area contributed by atoms with Crippen molar-refractivity contribution in [2.45, 2.75) is 46.0 Å². The molecule has 0 bridgehead atoms. The Morgan fingerprint density at radius 3 is 2.71 bits per heavy atom. The first-order chi connectivity index (χ1) is 8.18. The number of H-pyrrole nitrogens is 1. The van der Waals surface area contributed by atoms with Gasteiger partial charge in [0, 0.05) is 18.2 Å². The zero-order valence-electron chi connectivity index (χ0n) is 10.7. The predicted molar refractivity (Wildman–Crippen MR) is 66.7 cm³/mol. The van der Waals surface area contributed by atoms with E-state index in [1.54, 1.807) is 0 Å². The number of hydrogen-bond donors (Lipinski definition) is 2. The minimum atomic E-state index is 0.237. The van der Waals surface area contributed by atoms with Crippen molar-refractivity contribution in [3.63, 3.8) is 0 Å². The average Bonchev–Trinajstić information content (AvgIpc) is 2.93. The summed E-state index contributed by atoms with van der Waals surface area (Å²) in [6.07, 6.45) is 5.41. The minimum Gasteiger partial charge on any atom is -0.356 e. The molecule has 1 aliphatic carbocycles. The summed E-state index contributed by atoms with van der Waals surface area (Å²) in [5.41, 5.74) is 3.38. The third kappa shape index (κ3) is 2.87. The monoisotopic (exact) mass is 235 g/mol. The molecule has 0 saturated heterocycles. The molecule has 4 heteroatoms. The minimum absolute atomic E-state index is 0.237. The van der Waals surface area contributed by atoms with Crippen molar-refractivity contribution in [3.8, 4) is 0 Å². The molecule has 1 aromatic rings. The standard InChI is InChI=1S/C13H21N3O/c1-9-12(10(2)16-15-9)7-8-14-13(17)11-5-3-4-6-11/h11H,3-8H2,1-2H3,(H,14,17)(H,15,16). The molecule has 0 unspecified atom stereocenters. The third-order valence-corrected chi connectivity index (χ3v) is 3.68. The van der Waals surface area contributed by atoms with Gasteiger partial charge < -0.3 is 5.32 Å². The first-order valence-corrected chi connectivity index (χ1v) is 6.46. The molecule has 1 fully saturated rings. The molecule has 0 radical (unpaired) electrons. The number of rotatable bonds is 4. The maximum Gasteiger partial charge on any atom is 0.223 e. The molecule has 0 spiro atoms. The van der Waals surface area contributed by atoms with Gasteiger partial charge in [-0.05, 0) is 38.7 Å². The first kappa shape index (κ1) is 12.1. The van der Waals surface area contributed by atoms with Gasteiger partial charge in [0.25, 0.3) is 0 Å². The van der Waals surface area contributed by atoms with E-state index in [1.807, 2.05) is 13.8 Å². The van der Waals surface area contributed by atoms with Crippen LogP contribution in [0.15, 0.2) is 0 Å². The fourth-order valence-electron chi connectivity index (χ4n) is 2.59. The number of carbonyl (C=O) groups excluding carboxylic acids is 1. The number of hydrogen-bond acceptors (Lipinski definition) is 2. The summed E-state index contributed by atoms with van der Waals surface area (Å²) < 4.78 is 0. The molecule has 17 heavy (non-hydrogen) atoms. The largest absolute Gasteiger partial charge is 0.356 e. The number of amides is 1. The zero-order chi connectivity index (χ0) is 12.3. The summed E-state index contributed by atoms with van der Waals surface area (Å²) in [5, 5.41) is 10.2. The molecule has 1 heterocycles. The topological polar surface area (TPSA) is 57.8 Å². The number of nitrogens with zero attached hydrogens (tertiary/aromatic N) is 1. The lowest BCUT2D eigenvalue weighted by atomic mass is 10.1. The van der Waals surface area contributed by atoms with Gasteiger partial charge in [-0.1, -0.05) is 12.8 Å². The van der Waals surface area contributed by atoms with Gasteiger partial charge in [-0.2, -0.15) is 5.10 Å². The first-order valence-electron chi connectivity index (χ1n) is 6.46. The second kappa shape index (κ2) is 5.34. The third-order valence-electron chi connectivity index (χ3n) is 3.68. The van der Waals surface area contributed by atoms with Gasteiger partial charge in [0.05, 0.1) is 5.69 Å². The van der Waals surface area contributed by atoms with Crippen molar-refractivity contribution in [3.05, 3.63) is 17.0 Å². The molecular weight excluding hydrogens is 214 g/mol. The second-order valence-electron chi connectivity index (χ2n) is 4.93. The highest BCUT2D eigenvalue weighted by Gasteiger charge is 2.22. The van der Waals surface area contributed by atoms with Crippen LogP contribution in [0.4, 0.5) is 0 Å². The fraction of sp³-hybridized carbons (Fsp3) is 0.692. The molecule has 1 aromatic heterocycles. The van der Waals surface area contributed by atoms with Gasteiger partial charge in [0.1, 0.15) is 0 Å². The number of aromatic nitrogens is 2. The van der Waals surface area contributed by atoms with E-state index in [0.29, 0.717) is 0 Å². The normalized spacial score (nSPS) is 16.4. The van der Waals surface area contributed by atoms with Gasteiger partial charge in [-0.15, -0.1) is 0 Å².